The van der Waals surface area contributed by atoms with Crippen molar-refractivity contribution in [3.63, 3.8) is 0 Å². The van der Waals surface area contributed by atoms with Crippen LogP contribution in [0, 0.1) is 11.8 Å². The van der Waals surface area contributed by atoms with Crippen LogP contribution in [-0.4, -0.2) is 52.2 Å². The fraction of sp³-hybridized carbons (Fsp3) is 0.462. The number of benzene rings is 1. The summed E-state index contributed by atoms with van der Waals surface area (Å²) in [5.41, 5.74) is 4.66. The second-order valence-electron chi connectivity index (χ2n) is 9.53. The molecule has 1 aromatic carbocycles. The quantitative estimate of drug-likeness (QED) is 0.541. The number of hydrogen-bond acceptors (Lipinski definition) is 4. The molecule has 5 nitrogen and oxygen atoms in total. The van der Waals surface area contributed by atoms with Crippen molar-refractivity contribution in [3.8, 4) is 0 Å². The Labute approximate surface area is 208 Å². The van der Waals surface area contributed by atoms with Crippen molar-refractivity contribution in [1.29, 1.82) is 0 Å². The Kier molecular flexibility index (Phi) is 6.89. The Hall–Kier alpha value is -1.73. The van der Waals surface area contributed by atoms with Crippen molar-refractivity contribution < 1.29 is 10.0 Å². The van der Waals surface area contributed by atoms with Gasteiger partial charge in [-0.25, -0.2) is 0 Å². The van der Waals surface area contributed by atoms with Crippen LogP contribution in [0.4, 0.5) is 0 Å². The Morgan fingerprint density at radius 3 is 2.55 bits per heavy atom. The number of carbonyl (C=O) groups excluding carboxylic acids is 1. The molecular formula is C26H29BrClN3O2. The van der Waals surface area contributed by atoms with Crippen LogP contribution in [0.1, 0.15) is 60.4 Å². The van der Waals surface area contributed by atoms with Gasteiger partial charge in [-0.15, -0.1) is 0 Å². The lowest BCUT2D eigenvalue weighted by Gasteiger charge is -2.37. The molecule has 0 radical (unpaired) electrons. The molecule has 2 aromatic rings. The average molecular weight is 531 g/mol. The summed E-state index contributed by atoms with van der Waals surface area (Å²) in [7, 11) is 0. The summed E-state index contributed by atoms with van der Waals surface area (Å²) < 4.78 is 0.973. The Morgan fingerprint density at radius 1 is 1.06 bits per heavy atom. The molecule has 33 heavy (non-hydrogen) atoms. The molecule has 1 N–H and O–H groups in total. The summed E-state index contributed by atoms with van der Waals surface area (Å²) >= 11 is 9.89. The lowest BCUT2D eigenvalue weighted by Crippen LogP contribution is -2.41. The van der Waals surface area contributed by atoms with Gasteiger partial charge in [-0.1, -0.05) is 29.8 Å². The van der Waals surface area contributed by atoms with Gasteiger partial charge in [0.25, 0.3) is 0 Å². The van der Waals surface area contributed by atoms with Crippen molar-refractivity contribution in [2.45, 2.75) is 38.0 Å². The van der Waals surface area contributed by atoms with Crippen LogP contribution >= 0.6 is 27.5 Å². The number of nitrogens with zero attached hydrogens (tertiary/aromatic N) is 3. The van der Waals surface area contributed by atoms with Gasteiger partial charge in [0.05, 0.1) is 5.69 Å². The maximum atomic E-state index is 13.0. The van der Waals surface area contributed by atoms with E-state index in [1.165, 1.54) is 10.6 Å². The first-order chi connectivity index (χ1) is 16.0. The van der Waals surface area contributed by atoms with E-state index in [0.29, 0.717) is 31.3 Å². The average Bonchev–Trinajstić information content (AvgIpc) is 2.97. The van der Waals surface area contributed by atoms with E-state index in [1.807, 2.05) is 18.3 Å². The predicted molar refractivity (Wildman–Crippen MR) is 134 cm³/mol. The highest BCUT2D eigenvalue weighted by Crippen LogP contribution is 2.43. The van der Waals surface area contributed by atoms with Gasteiger partial charge in [0.2, 0.25) is 5.91 Å². The van der Waals surface area contributed by atoms with Gasteiger partial charge in [-0.3, -0.25) is 9.78 Å². The molecule has 1 unspecified atom stereocenters. The van der Waals surface area contributed by atoms with Gasteiger partial charge in [0.1, 0.15) is 0 Å². The minimum atomic E-state index is 0.182. The molecule has 1 amide bonds. The maximum absolute atomic E-state index is 13.0. The van der Waals surface area contributed by atoms with Crippen molar-refractivity contribution in [2.24, 2.45) is 11.8 Å². The van der Waals surface area contributed by atoms with Crippen LogP contribution in [0.3, 0.4) is 0 Å². The third-order valence-corrected chi connectivity index (χ3v) is 8.12. The Morgan fingerprint density at radius 2 is 1.79 bits per heavy atom. The smallest absolute Gasteiger partial charge is 0.222 e. The van der Waals surface area contributed by atoms with Gasteiger partial charge < -0.3 is 10.1 Å². The number of pyridine rings is 1. The maximum Gasteiger partial charge on any atom is 0.222 e. The summed E-state index contributed by atoms with van der Waals surface area (Å²) in [5.74, 6) is 1.25. The molecule has 7 heteroatoms. The van der Waals surface area contributed by atoms with E-state index in [1.54, 1.807) is 0 Å². The number of fused-ring (bicyclic) bond motifs is 2. The summed E-state index contributed by atoms with van der Waals surface area (Å²) in [6.45, 7) is 2.92. The van der Waals surface area contributed by atoms with Gasteiger partial charge in [0, 0.05) is 54.2 Å². The molecule has 1 atom stereocenters. The molecule has 2 saturated heterocycles. The third kappa shape index (κ3) is 5.04. The monoisotopic (exact) mass is 529 g/mol. The minimum Gasteiger partial charge on any atom is -0.343 e. The van der Waals surface area contributed by atoms with E-state index in [0.717, 1.165) is 65.1 Å². The number of hydroxylamine groups is 2. The molecule has 174 valence electrons. The SMILES string of the molecule is O=C(CC1CCN(O)CC1)N1CCC(C2c3ccc(Cl)cc3C=Cc3cc(Br)cnc32)CC1. The highest BCUT2D eigenvalue weighted by Gasteiger charge is 2.34. The zero-order valence-electron chi connectivity index (χ0n) is 18.6. The Bertz CT molecular complexity index is 1000. The van der Waals surface area contributed by atoms with Crippen molar-refractivity contribution >= 4 is 45.6 Å². The normalized spacial score (nSPS) is 22.0. The van der Waals surface area contributed by atoms with E-state index in [2.05, 4.69) is 45.1 Å². The zero-order valence-corrected chi connectivity index (χ0v) is 20.9. The summed E-state index contributed by atoms with van der Waals surface area (Å²) in [6, 6.07) is 8.30. The van der Waals surface area contributed by atoms with Gasteiger partial charge in [0.15, 0.2) is 0 Å². The standard InChI is InChI=1S/C26H29BrClN3O2/c27-21-14-20-2-1-19-15-22(28)3-4-23(19)25(26(20)29-16-21)18-7-9-30(10-8-18)24(32)13-17-5-11-31(33)12-6-17/h1-4,14-18,25,33H,5-13H2. The number of carbonyl (C=O) groups is 1. The number of halogens is 2. The first-order valence-corrected chi connectivity index (χ1v) is 13.0. The van der Waals surface area contributed by atoms with E-state index < -0.39 is 0 Å². The van der Waals surface area contributed by atoms with Crippen LogP contribution in [0.5, 0.6) is 0 Å². The van der Waals surface area contributed by atoms with Crippen LogP contribution < -0.4 is 0 Å². The van der Waals surface area contributed by atoms with E-state index in [-0.39, 0.29) is 11.8 Å². The lowest BCUT2D eigenvalue weighted by atomic mass is 9.76. The molecular weight excluding hydrogens is 502 g/mol. The second-order valence-corrected chi connectivity index (χ2v) is 10.9. The fourth-order valence-corrected chi connectivity index (χ4v) is 6.15. The van der Waals surface area contributed by atoms with Crippen LogP contribution in [0.2, 0.25) is 5.02 Å². The molecule has 5 rings (SSSR count). The number of hydrogen-bond donors (Lipinski definition) is 1. The fourth-order valence-electron chi connectivity index (χ4n) is 5.62. The van der Waals surface area contributed by atoms with Gasteiger partial charge in [-0.2, -0.15) is 5.06 Å². The number of amides is 1. The number of aromatic nitrogens is 1. The lowest BCUT2D eigenvalue weighted by molar-refractivity contribution is -0.137. The molecule has 1 aromatic heterocycles. The van der Waals surface area contributed by atoms with Crippen LogP contribution in [0.15, 0.2) is 34.9 Å². The molecule has 0 saturated carbocycles. The largest absolute Gasteiger partial charge is 0.343 e. The van der Waals surface area contributed by atoms with Crippen molar-refractivity contribution in [1.82, 2.24) is 14.9 Å². The highest BCUT2D eigenvalue weighted by atomic mass is 79.9. The number of likely N-dealkylation sites (tertiary alicyclic amines) is 1. The first kappa shape index (κ1) is 23.0. The number of rotatable bonds is 3. The molecule has 0 spiro atoms. The summed E-state index contributed by atoms with van der Waals surface area (Å²) in [5, 5.41) is 11.7. The predicted octanol–water partition coefficient (Wildman–Crippen LogP) is 5.84. The minimum absolute atomic E-state index is 0.182. The van der Waals surface area contributed by atoms with Crippen LogP contribution in [-0.2, 0) is 4.79 Å². The first-order valence-electron chi connectivity index (χ1n) is 11.8. The molecule has 1 aliphatic carbocycles. The molecule has 3 heterocycles. The van der Waals surface area contributed by atoms with Gasteiger partial charge >= 0.3 is 0 Å². The second kappa shape index (κ2) is 9.87. The third-order valence-electron chi connectivity index (χ3n) is 7.45. The van der Waals surface area contributed by atoms with Crippen LogP contribution in [0.25, 0.3) is 12.2 Å². The van der Waals surface area contributed by atoms with E-state index >= 15 is 0 Å². The number of piperidine rings is 2. The molecule has 2 aliphatic heterocycles. The molecule has 2 fully saturated rings. The summed E-state index contributed by atoms with van der Waals surface area (Å²) in [6.07, 6.45) is 10.5. The topological polar surface area (TPSA) is 56.7 Å². The van der Waals surface area contributed by atoms with Gasteiger partial charge in [-0.05, 0) is 88.3 Å². The Balaban J connectivity index is 1.33. The van der Waals surface area contributed by atoms with E-state index in [4.69, 9.17) is 16.6 Å². The molecule has 0 bridgehead atoms. The van der Waals surface area contributed by atoms with E-state index in [9.17, 15) is 10.0 Å². The van der Waals surface area contributed by atoms with Crippen molar-refractivity contribution in [2.75, 3.05) is 26.2 Å². The zero-order chi connectivity index (χ0) is 22.9. The molecule has 3 aliphatic rings. The highest BCUT2D eigenvalue weighted by molar-refractivity contribution is 9.10. The van der Waals surface area contributed by atoms with Crippen molar-refractivity contribution in [3.05, 3.63) is 62.3 Å². The summed E-state index contributed by atoms with van der Waals surface area (Å²) in [4.78, 5) is 19.9.